The fraction of sp³-hybridized carbons (Fsp3) is 0.692. The van der Waals surface area contributed by atoms with Crippen molar-refractivity contribution in [2.45, 2.75) is 451 Å². The van der Waals surface area contributed by atoms with Crippen LogP contribution in [0, 0.1) is 0 Å². The minimum absolute atomic E-state index is 0.0446. The third-order valence-electron chi connectivity index (χ3n) is 26.3. The Balaban J connectivity index is 0.000000238. The largest absolute Gasteiger partial charge is 0.505 e. The molecule has 145 heavy (non-hydrogen) atoms. The van der Waals surface area contributed by atoms with Gasteiger partial charge in [-0.2, -0.15) is 26.3 Å². The number of nitrogens with one attached hydrogen (secondary N) is 3. The molecule has 6 aromatic rings. The third-order valence-corrected chi connectivity index (χ3v) is 27.2. The van der Waals surface area contributed by atoms with Crippen molar-refractivity contribution in [1.29, 1.82) is 0 Å². The van der Waals surface area contributed by atoms with Gasteiger partial charge in [-0.05, 0) is 295 Å². The second kappa shape index (κ2) is 54.0. The fourth-order valence-electron chi connectivity index (χ4n) is 17.6. The number of likely N-dealkylation sites (tertiary alicyclic amines) is 4. The minimum Gasteiger partial charge on any atom is -0.505 e. The first kappa shape index (κ1) is 123. The maximum absolute atomic E-state index is 12.9. The number of amides is 4. The number of benzene rings is 2. The third kappa shape index (κ3) is 38.6. The lowest BCUT2D eigenvalue weighted by Crippen LogP contribution is -2.55. The van der Waals surface area contributed by atoms with E-state index in [1.165, 1.54) is 25.2 Å². The maximum atomic E-state index is 12.9. The number of nitrogens with two attached hydrogens (primary N) is 1. The summed E-state index contributed by atoms with van der Waals surface area (Å²) in [5.41, 5.74) is 2.66. The second-order valence-electron chi connectivity index (χ2n) is 43.7. The molecule has 0 bridgehead atoms. The van der Waals surface area contributed by atoms with Gasteiger partial charge in [0.2, 0.25) is 23.1 Å². The second-order valence-corrected chi connectivity index (χ2v) is 44.6. The van der Waals surface area contributed by atoms with Gasteiger partial charge in [-0.1, -0.05) is 102 Å². The van der Waals surface area contributed by atoms with E-state index in [-0.39, 0.29) is 136 Å². The molecule has 0 aliphatic carbocycles. The van der Waals surface area contributed by atoms with Crippen molar-refractivity contribution < 1.29 is 97.7 Å². The topological polar surface area (TPSA) is 359 Å². The molecule has 4 aromatic heterocycles. The summed E-state index contributed by atoms with van der Waals surface area (Å²) < 4.78 is 131. The monoisotopic (exact) mass is 2130 g/mol. The van der Waals surface area contributed by atoms with Gasteiger partial charge in [0.25, 0.3) is 0 Å². The smallest absolute Gasteiger partial charge is 0.498 e. The molecule has 2 aromatic carbocycles. The van der Waals surface area contributed by atoms with E-state index in [2.05, 4.69) is 127 Å². The number of ether oxygens (including phenoxy) is 6. The van der Waals surface area contributed by atoms with Crippen molar-refractivity contribution in [2.24, 2.45) is 5.73 Å². The van der Waals surface area contributed by atoms with Crippen molar-refractivity contribution in [3.05, 3.63) is 126 Å². The Hall–Kier alpha value is -8.92. The Morgan fingerprint density at radius 2 is 0.697 bits per heavy atom. The maximum Gasteiger partial charge on any atom is 0.498 e. The van der Waals surface area contributed by atoms with Crippen LogP contribution in [0.25, 0.3) is 0 Å². The number of hydrogen-bond donors (Lipinski definition) is 5. The summed E-state index contributed by atoms with van der Waals surface area (Å²) in [5.74, 6) is 2.34. The molecule has 11 heterocycles. The van der Waals surface area contributed by atoms with Crippen molar-refractivity contribution in [1.82, 2.24) is 59.5 Å². The zero-order chi connectivity index (χ0) is 108. The number of nitrogens with zero attached hydrogens (tertiary/aromatic N) is 12. The molecular weight excluding hydrogens is 1960 g/mol. The van der Waals surface area contributed by atoms with Crippen LogP contribution in [0.4, 0.5) is 63.4 Å². The molecule has 41 heteroatoms. The van der Waals surface area contributed by atoms with E-state index < -0.39 is 71.3 Å². The number of piperidine rings is 4. The Kier molecular flexibility index (Phi) is 45.8. The average molecular weight is 2130 g/mol. The van der Waals surface area contributed by atoms with Crippen LogP contribution in [-0.4, -0.2) is 234 Å². The minimum atomic E-state index is -4.78. The van der Waals surface area contributed by atoms with Crippen molar-refractivity contribution in [3.8, 4) is 11.5 Å². The van der Waals surface area contributed by atoms with Crippen molar-refractivity contribution in [3.63, 3.8) is 0 Å². The molecule has 6 N–H and O–H groups in total. The summed E-state index contributed by atoms with van der Waals surface area (Å²) in [6, 6.07) is 13.4. The van der Waals surface area contributed by atoms with Gasteiger partial charge in [0, 0.05) is 127 Å². The Morgan fingerprint density at radius 3 is 0.952 bits per heavy atom. The zero-order valence-corrected chi connectivity index (χ0v) is 92.8. The number of anilines is 3. The van der Waals surface area contributed by atoms with Gasteiger partial charge in [0.1, 0.15) is 29.0 Å². The average Bonchev–Trinajstić information content (AvgIpc) is 1.63. The molecule has 7 fully saturated rings. The molecule has 4 unspecified atom stereocenters. The Bertz CT molecular complexity index is 4810. The van der Waals surface area contributed by atoms with Crippen LogP contribution < -0.4 is 37.3 Å². The van der Waals surface area contributed by atoms with Gasteiger partial charge in [-0.3, -0.25) is 0 Å². The number of alkyl halides is 7. The van der Waals surface area contributed by atoms with Gasteiger partial charge < -0.3 is 93.4 Å². The van der Waals surface area contributed by atoms with Crippen LogP contribution in [0.1, 0.15) is 332 Å². The van der Waals surface area contributed by atoms with E-state index in [1.54, 1.807) is 37.2 Å². The van der Waals surface area contributed by atoms with Gasteiger partial charge >= 0.3 is 51.0 Å². The Labute approximate surface area is 870 Å². The lowest BCUT2D eigenvalue weighted by Gasteiger charge is -2.45. The van der Waals surface area contributed by atoms with E-state index in [4.69, 9.17) is 64.4 Å². The zero-order valence-electron chi connectivity index (χ0n) is 90.5. The van der Waals surface area contributed by atoms with E-state index in [1.807, 2.05) is 188 Å². The van der Waals surface area contributed by atoms with Crippen LogP contribution >= 0.6 is 27.5 Å². The normalized spacial score (nSPS) is 23.3. The predicted molar refractivity (Wildman–Crippen MR) is 558 cm³/mol. The first-order chi connectivity index (χ1) is 67.5. The highest BCUT2D eigenvalue weighted by atomic mass is 79.9. The summed E-state index contributed by atoms with van der Waals surface area (Å²) in [6.45, 7) is 58.3. The van der Waals surface area contributed by atoms with Crippen LogP contribution in [0.3, 0.4) is 0 Å². The number of halogens is 8. The first-order valence-corrected chi connectivity index (χ1v) is 52.5. The molecule has 13 rings (SSSR count). The van der Waals surface area contributed by atoms with Gasteiger partial charge in [0.15, 0.2) is 11.5 Å². The number of hydrogen-bond acceptors (Lipinski definition) is 27. The molecule has 7 aliphatic heterocycles. The molecule has 0 saturated carbocycles. The van der Waals surface area contributed by atoms with Crippen LogP contribution in [0.5, 0.6) is 11.5 Å². The van der Waals surface area contributed by atoms with E-state index in [0.717, 1.165) is 132 Å². The summed E-state index contributed by atoms with van der Waals surface area (Å²) in [4.78, 5) is 92.5. The molecule has 12 atom stereocenters. The van der Waals surface area contributed by atoms with Gasteiger partial charge in [0.05, 0.1) is 58.3 Å². The summed E-state index contributed by atoms with van der Waals surface area (Å²) in [7, 11) is -0.905. The quantitative estimate of drug-likeness (QED) is 0.0156. The molecule has 7 aliphatic rings. The highest BCUT2D eigenvalue weighted by molar-refractivity contribution is 9.08. The number of carbonyl (C=O) groups is 4. The molecule has 0 radical (unpaired) electrons. The standard InChI is InChI=1S/C25H36N4O3.C24H41BN4O4.C18H30N4O3.C14H28N2O2.C10H14BClN2O2.C9H5BrF6.C4H8O/c1-6-20-13-19(14-21(7-2)29(20)24(30)32-25(3,4)5)28-23-26-15-22(16-27-23)31-17-18-11-9-8-10-12-18;1-10-18-12-17(13-19(11-2)29(18)21(30)31-22(3,4)5)28-20-26-14-16(15-27-20)25-32-23(6,7)24(8,9)33-25;1-6-13-8-12(21-16-19-10-15(23)11-20-16)9-14(7-2)22(13)17(24)25-18(3,4)5;1-6-11-8-10(15)9-12(7-2)16(11)13(17)18-14(3,4)5;1-9(2)10(3,4)16-11(15-9)7-5-13-8(12)14-6-7;10-4-5-1-6(8(11,12)13)3-7(2-5)9(14,15)16;1-2-4-5-3-1/h8-12,15-16,19-21H,6-7,13-14,17H2,1-5H3,(H,26,27,28);14-15,17-19H,10-13H2,1-9H3,(H,26,27,28);10-14,23H,6-9H2,1-5H3,(H,19,20,21);10-12H,6-9,15H2,1-5H3;5-6H,1-4H3;1-3H,4H2;1-4H2/t19?,20-,21+;17?,18-,19+;12?,13-,14+;10?,11-,12+;;;. The van der Waals surface area contributed by atoms with Gasteiger partial charge in [-0.15, -0.1) is 0 Å². The Morgan fingerprint density at radius 1 is 0.428 bits per heavy atom. The number of carbonyl (C=O) groups excluding carboxylic acids is 4. The van der Waals surface area contributed by atoms with E-state index in [0.29, 0.717) is 42.3 Å². The SMILES string of the molecule is C1CCOC1.CC1(C)OB(c2cnc(Cl)nc2)OC1(C)C.CC[C@@H]1CC(N)C[C@H](CC)N1C(=O)OC(C)(C)C.CC[C@@H]1CC(Nc2ncc(B3OC(C)(C)C(C)(C)O3)cn2)C[C@H](CC)N1C(=O)OC(C)(C)C.CC[C@@H]1CC(Nc2ncc(O)cn2)C[C@H](CC)N1C(=O)OC(C)(C)C.CC[C@@H]1CC(Nc2ncc(OCc3ccccc3)cn2)C[C@H](CC)N1C(=O)OC(C)(C)C.FC(F)(F)c1cc(CBr)cc(C(F)(F)F)c1. The van der Waals surface area contributed by atoms with Crippen molar-refractivity contribution in [2.75, 3.05) is 29.2 Å². The molecule has 810 valence electrons. The lowest BCUT2D eigenvalue weighted by molar-refractivity contribution is -0.143. The predicted octanol–water partition coefficient (Wildman–Crippen LogP) is 22.9. The molecule has 4 amide bonds. The summed E-state index contributed by atoms with van der Waals surface area (Å²) in [6.07, 6.45) is 18.9. The number of aromatic hydroxyl groups is 1. The summed E-state index contributed by atoms with van der Waals surface area (Å²) >= 11 is 8.45. The molecule has 0 spiro atoms. The highest BCUT2D eigenvalue weighted by Gasteiger charge is 2.54. The summed E-state index contributed by atoms with van der Waals surface area (Å²) in [5, 5.41) is 19.7. The number of aromatic nitrogens is 8. The van der Waals surface area contributed by atoms with Crippen LogP contribution in [0.2, 0.25) is 5.28 Å². The molecule has 7 saturated heterocycles. The van der Waals surface area contributed by atoms with E-state index >= 15 is 0 Å². The highest BCUT2D eigenvalue weighted by Crippen LogP contribution is 2.42. The molecular formula is C104H162B2BrClF6N16O15. The van der Waals surface area contributed by atoms with Crippen molar-refractivity contribution >= 4 is 94.9 Å². The lowest BCUT2D eigenvalue weighted by atomic mass is 9.81. The van der Waals surface area contributed by atoms with Crippen LogP contribution in [-0.2, 0) is 66.6 Å². The van der Waals surface area contributed by atoms with Crippen LogP contribution in [0.15, 0.2) is 98.1 Å². The fourth-order valence-corrected chi connectivity index (χ4v) is 18.0. The van der Waals surface area contributed by atoms with Gasteiger partial charge in [-0.25, -0.2) is 59.0 Å². The number of rotatable bonds is 20. The first-order valence-electron chi connectivity index (χ1n) is 51.0. The van der Waals surface area contributed by atoms with E-state index in [9.17, 15) is 50.6 Å². The molecule has 31 nitrogen and oxygen atoms in total.